The molecule has 0 radical (unpaired) electrons. The lowest BCUT2D eigenvalue weighted by Gasteiger charge is -2.18. The number of carbonyl (C=O) groups is 1. The second kappa shape index (κ2) is 5.61. The number of ketones is 1. The number of thioether (sulfide) groups is 1. The summed E-state index contributed by atoms with van der Waals surface area (Å²) < 4.78 is 0. The molecule has 1 aromatic carbocycles. The molecule has 0 fully saturated rings. The first-order valence-electron chi connectivity index (χ1n) is 6.89. The molecule has 2 heterocycles. The van der Waals surface area contributed by atoms with E-state index in [0.717, 1.165) is 16.3 Å². The quantitative estimate of drug-likeness (QED) is 0.937. The minimum atomic E-state index is -1.36. The number of aliphatic hydroxyl groups is 1. The van der Waals surface area contributed by atoms with Crippen LogP contribution in [0.4, 0.5) is 0 Å². The van der Waals surface area contributed by atoms with E-state index in [1.807, 2.05) is 24.4 Å². The van der Waals surface area contributed by atoms with E-state index in [4.69, 9.17) is 0 Å². The van der Waals surface area contributed by atoms with E-state index < -0.39 is 11.0 Å². The highest BCUT2D eigenvalue weighted by molar-refractivity contribution is 8.15. The van der Waals surface area contributed by atoms with Gasteiger partial charge in [-0.15, -0.1) is 11.3 Å². The van der Waals surface area contributed by atoms with Crippen molar-refractivity contribution in [1.82, 2.24) is 4.98 Å². The maximum absolute atomic E-state index is 11.6. The first kappa shape index (κ1) is 15.4. The second-order valence-corrected chi connectivity index (χ2v) is 7.48. The van der Waals surface area contributed by atoms with Crippen LogP contribution in [0.3, 0.4) is 0 Å². The first-order chi connectivity index (χ1) is 10.4. The molecule has 2 unspecified atom stereocenters. The highest BCUT2D eigenvalue weighted by Crippen LogP contribution is 2.37. The average molecular weight is 332 g/mol. The van der Waals surface area contributed by atoms with Crippen molar-refractivity contribution in [2.75, 3.05) is 0 Å². The summed E-state index contributed by atoms with van der Waals surface area (Å²) in [5.74, 6) is -0.0808. The fraction of sp³-hybridized carbons (Fsp3) is 0.312. The molecule has 1 N–H and O–H groups in total. The summed E-state index contributed by atoms with van der Waals surface area (Å²) in [5, 5.41) is 13.1. The molecule has 2 atom stereocenters. The molecule has 1 aliphatic rings. The third-order valence-corrected chi connectivity index (χ3v) is 5.87. The van der Waals surface area contributed by atoms with Gasteiger partial charge < -0.3 is 5.11 Å². The van der Waals surface area contributed by atoms with Crippen LogP contribution in [0.25, 0.3) is 10.6 Å². The molecular weight excluding hydrogens is 316 g/mol. The van der Waals surface area contributed by atoms with Gasteiger partial charge in [0.15, 0.2) is 5.72 Å². The maximum atomic E-state index is 11.6. The highest BCUT2D eigenvalue weighted by atomic mass is 32.2. The van der Waals surface area contributed by atoms with Gasteiger partial charge in [-0.3, -0.25) is 4.79 Å². The summed E-state index contributed by atoms with van der Waals surface area (Å²) in [7, 11) is 0. The summed E-state index contributed by atoms with van der Waals surface area (Å²) in [6.45, 7) is 5.08. The van der Waals surface area contributed by atoms with Gasteiger partial charge in [0.05, 0.1) is 0 Å². The fourth-order valence-electron chi connectivity index (χ4n) is 2.30. The molecular formula is C16H16N2O2S2. The fourth-order valence-corrected chi connectivity index (χ4v) is 4.31. The molecule has 0 saturated heterocycles. The summed E-state index contributed by atoms with van der Waals surface area (Å²) in [6, 6.07) is 8.18. The SMILES string of the molecule is CC(=O)C1SC(c2csc(-c3ccc(C)cc3)n2)=NC1(C)O. The molecule has 0 aliphatic carbocycles. The smallest absolute Gasteiger partial charge is 0.173 e. The van der Waals surface area contributed by atoms with Crippen molar-refractivity contribution >= 4 is 33.9 Å². The van der Waals surface area contributed by atoms with Crippen LogP contribution < -0.4 is 0 Å². The van der Waals surface area contributed by atoms with E-state index in [1.54, 1.807) is 6.92 Å². The van der Waals surface area contributed by atoms with Crippen LogP contribution in [0.2, 0.25) is 0 Å². The Labute approximate surface area is 137 Å². The Morgan fingerprint density at radius 2 is 2.00 bits per heavy atom. The van der Waals surface area contributed by atoms with Gasteiger partial charge in [0.25, 0.3) is 0 Å². The molecule has 0 saturated carbocycles. The van der Waals surface area contributed by atoms with Crippen LogP contribution >= 0.6 is 23.1 Å². The molecule has 1 aliphatic heterocycles. The molecule has 0 bridgehead atoms. The van der Waals surface area contributed by atoms with Gasteiger partial charge in [0, 0.05) is 10.9 Å². The topological polar surface area (TPSA) is 62.5 Å². The van der Waals surface area contributed by atoms with E-state index in [1.165, 1.54) is 35.6 Å². The Balaban J connectivity index is 1.89. The molecule has 0 spiro atoms. The van der Waals surface area contributed by atoms with E-state index in [2.05, 4.69) is 22.1 Å². The van der Waals surface area contributed by atoms with Crippen molar-refractivity contribution in [3.8, 4) is 10.6 Å². The van der Waals surface area contributed by atoms with E-state index >= 15 is 0 Å². The lowest BCUT2D eigenvalue weighted by atomic mass is 10.1. The molecule has 4 nitrogen and oxygen atoms in total. The van der Waals surface area contributed by atoms with Gasteiger partial charge in [-0.05, 0) is 20.8 Å². The zero-order chi connectivity index (χ0) is 15.9. The van der Waals surface area contributed by atoms with E-state index in [0.29, 0.717) is 5.04 Å². The number of aryl methyl sites for hydroxylation is 1. The van der Waals surface area contributed by atoms with Crippen molar-refractivity contribution in [2.24, 2.45) is 4.99 Å². The van der Waals surface area contributed by atoms with Crippen LogP contribution in [0.5, 0.6) is 0 Å². The van der Waals surface area contributed by atoms with Crippen molar-refractivity contribution < 1.29 is 9.90 Å². The molecule has 2 aromatic rings. The minimum Gasteiger partial charge on any atom is -0.368 e. The summed E-state index contributed by atoms with van der Waals surface area (Å²) in [6.07, 6.45) is 0. The van der Waals surface area contributed by atoms with Gasteiger partial charge >= 0.3 is 0 Å². The number of rotatable bonds is 3. The number of hydrogen-bond donors (Lipinski definition) is 1. The Kier molecular flexibility index (Phi) is 3.92. The van der Waals surface area contributed by atoms with Crippen LogP contribution in [0, 0.1) is 6.92 Å². The normalized spacial score (nSPS) is 24.4. The standard InChI is InChI=1S/C16H16N2O2S2/c1-9-4-6-11(7-5-9)14-17-12(8-21-14)15-18-16(3,20)13(22-15)10(2)19/h4-8,13,20H,1-3H3. The van der Waals surface area contributed by atoms with Crippen LogP contribution in [-0.4, -0.2) is 31.9 Å². The maximum Gasteiger partial charge on any atom is 0.173 e. The summed E-state index contributed by atoms with van der Waals surface area (Å²) >= 11 is 2.82. The third-order valence-electron chi connectivity index (χ3n) is 3.45. The van der Waals surface area contributed by atoms with E-state index in [9.17, 15) is 9.90 Å². The average Bonchev–Trinajstić information content (AvgIpc) is 3.03. The Bertz CT molecular complexity index is 748. The van der Waals surface area contributed by atoms with Crippen molar-refractivity contribution in [1.29, 1.82) is 0 Å². The van der Waals surface area contributed by atoms with Crippen molar-refractivity contribution in [3.63, 3.8) is 0 Å². The van der Waals surface area contributed by atoms with Gasteiger partial charge in [0.1, 0.15) is 26.8 Å². The van der Waals surface area contributed by atoms with E-state index in [-0.39, 0.29) is 5.78 Å². The number of Topliss-reactive ketones (excluding diaryl/α,β-unsaturated/α-hetero) is 1. The van der Waals surface area contributed by atoms with Crippen molar-refractivity contribution in [3.05, 3.63) is 40.9 Å². The van der Waals surface area contributed by atoms with Crippen LogP contribution in [0.15, 0.2) is 34.6 Å². The molecule has 3 rings (SSSR count). The molecule has 1 aromatic heterocycles. The number of aliphatic imine (C=N–C) groups is 1. The zero-order valence-electron chi connectivity index (χ0n) is 12.5. The number of hydrogen-bond acceptors (Lipinski definition) is 6. The second-order valence-electron chi connectivity index (χ2n) is 5.52. The van der Waals surface area contributed by atoms with Gasteiger partial charge in [-0.2, -0.15) is 0 Å². The van der Waals surface area contributed by atoms with Crippen LogP contribution in [-0.2, 0) is 4.79 Å². The Morgan fingerprint density at radius 3 is 2.59 bits per heavy atom. The lowest BCUT2D eigenvalue weighted by molar-refractivity contribution is -0.119. The summed E-state index contributed by atoms with van der Waals surface area (Å²) in [5.41, 5.74) is 1.62. The van der Waals surface area contributed by atoms with Gasteiger partial charge in [-0.25, -0.2) is 9.98 Å². The molecule has 6 heteroatoms. The molecule has 0 amide bonds. The third kappa shape index (κ3) is 2.86. The lowest BCUT2D eigenvalue weighted by Crippen LogP contribution is -2.36. The molecule has 22 heavy (non-hydrogen) atoms. The largest absolute Gasteiger partial charge is 0.368 e. The monoisotopic (exact) mass is 332 g/mol. The first-order valence-corrected chi connectivity index (χ1v) is 8.65. The number of aromatic nitrogens is 1. The molecule has 114 valence electrons. The predicted octanol–water partition coefficient (Wildman–Crippen LogP) is 3.28. The minimum absolute atomic E-state index is 0.0808. The predicted molar refractivity (Wildman–Crippen MR) is 91.5 cm³/mol. The van der Waals surface area contributed by atoms with Crippen LogP contribution in [0.1, 0.15) is 25.1 Å². The van der Waals surface area contributed by atoms with Gasteiger partial charge in [0.2, 0.25) is 0 Å². The zero-order valence-corrected chi connectivity index (χ0v) is 14.2. The van der Waals surface area contributed by atoms with Gasteiger partial charge in [-0.1, -0.05) is 41.6 Å². The number of benzene rings is 1. The Hall–Kier alpha value is -1.50. The number of nitrogens with zero attached hydrogens (tertiary/aromatic N) is 2. The highest BCUT2D eigenvalue weighted by Gasteiger charge is 2.43. The summed E-state index contributed by atoms with van der Waals surface area (Å²) in [4.78, 5) is 20.5. The van der Waals surface area contributed by atoms with Crippen molar-refractivity contribution in [2.45, 2.75) is 31.7 Å². The Morgan fingerprint density at radius 1 is 1.32 bits per heavy atom. The number of carbonyl (C=O) groups excluding carboxylic acids is 1. The number of thiazole rings is 1.